The van der Waals surface area contributed by atoms with Gasteiger partial charge in [0.2, 0.25) is 0 Å². The summed E-state index contributed by atoms with van der Waals surface area (Å²) in [4.78, 5) is 12.5. The molecule has 2 rings (SSSR count). The fourth-order valence-electron chi connectivity index (χ4n) is 2.02. The molecule has 0 heterocycles. The first-order valence-electron chi connectivity index (χ1n) is 6.67. The summed E-state index contributed by atoms with van der Waals surface area (Å²) in [6, 6.07) is 11.0. The molecule has 0 radical (unpaired) electrons. The Labute approximate surface area is 123 Å². The topological polar surface area (TPSA) is 35.5 Å². The summed E-state index contributed by atoms with van der Waals surface area (Å²) in [5.74, 6) is -0.241. The standard InChI is InChI=1S/C17H17FO3/c1-11(2)21-13-7-4-6-12(10-13)17(19)16-14(18)8-5-9-15(16)20-3/h4-11H,1-3H3. The molecule has 21 heavy (non-hydrogen) atoms. The first kappa shape index (κ1) is 15.0. The first-order chi connectivity index (χ1) is 10.0. The summed E-state index contributed by atoms with van der Waals surface area (Å²) >= 11 is 0. The van der Waals surface area contributed by atoms with E-state index in [0.717, 1.165) is 0 Å². The number of carbonyl (C=O) groups excluding carboxylic acids is 1. The van der Waals surface area contributed by atoms with Gasteiger partial charge < -0.3 is 9.47 Å². The number of carbonyl (C=O) groups is 1. The molecule has 2 aromatic carbocycles. The molecular weight excluding hydrogens is 271 g/mol. The number of benzene rings is 2. The number of halogens is 1. The molecular formula is C17H17FO3. The minimum Gasteiger partial charge on any atom is -0.496 e. The van der Waals surface area contributed by atoms with Crippen molar-refractivity contribution < 1.29 is 18.7 Å². The van der Waals surface area contributed by atoms with E-state index in [1.54, 1.807) is 30.3 Å². The van der Waals surface area contributed by atoms with Crippen LogP contribution in [0.15, 0.2) is 42.5 Å². The maximum Gasteiger partial charge on any atom is 0.199 e. The predicted molar refractivity (Wildman–Crippen MR) is 78.6 cm³/mol. The van der Waals surface area contributed by atoms with E-state index in [-0.39, 0.29) is 17.4 Å². The largest absolute Gasteiger partial charge is 0.496 e. The van der Waals surface area contributed by atoms with Crippen LogP contribution >= 0.6 is 0 Å². The Kier molecular flexibility index (Phi) is 4.58. The van der Waals surface area contributed by atoms with Gasteiger partial charge in [0.05, 0.1) is 13.2 Å². The van der Waals surface area contributed by atoms with Crippen molar-refractivity contribution in [3.8, 4) is 11.5 Å². The fraction of sp³-hybridized carbons (Fsp3) is 0.235. The third kappa shape index (κ3) is 3.40. The van der Waals surface area contributed by atoms with Crippen LogP contribution in [0.25, 0.3) is 0 Å². The van der Waals surface area contributed by atoms with Gasteiger partial charge in [-0.25, -0.2) is 4.39 Å². The lowest BCUT2D eigenvalue weighted by Gasteiger charge is -2.12. The van der Waals surface area contributed by atoms with Crippen LogP contribution in [0.5, 0.6) is 11.5 Å². The smallest absolute Gasteiger partial charge is 0.199 e. The molecule has 0 N–H and O–H groups in total. The van der Waals surface area contributed by atoms with Crippen molar-refractivity contribution >= 4 is 5.78 Å². The quantitative estimate of drug-likeness (QED) is 0.784. The van der Waals surface area contributed by atoms with Crippen LogP contribution in [0.1, 0.15) is 29.8 Å². The van der Waals surface area contributed by atoms with Crippen molar-refractivity contribution in [2.45, 2.75) is 20.0 Å². The predicted octanol–water partition coefficient (Wildman–Crippen LogP) is 3.85. The molecule has 0 aliphatic heterocycles. The van der Waals surface area contributed by atoms with E-state index in [4.69, 9.17) is 9.47 Å². The van der Waals surface area contributed by atoms with Crippen molar-refractivity contribution in [2.75, 3.05) is 7.11 Å². The second kappa shape index (κ2) is 6.39. The van der Waals surface area contributed by atoms with Gasteiger partial charge in [0, 0.05) is 5.56 Å². The second-order valence-corrected chi connectivity index (χ2v) is 4.84. The van der Waals surface area contributed by atoms with Gasteiger partial charge in [-0.05, 0) is 38.1 Å². The van der Waals surface area contributed by atoms with Crippen molar-refractivity contribution in [3.63, 3.8) is 0 Å². The van der Waals surface area contributed by atoms with E-state index in [0.29, 0.717) is 11.3 Å². The van der Waals surface area contributed by atoms with E-state index in [1.807, 2.05) is 13.8 Å². The number of hydrogen-bond donors (Lipinski definition) is 0. The van der Waals surface area contributed by atoms with Crippen LogP contribution in [0.4, 0.5) is 4.39 Å². The molecule has 0 saturated carbocycles. The molecule has 0 aliphatic rings. The third-order valence-electron chi connectivity index (χ3n) is 2.89. The molecule has 0 aliphatic carbocycles. The maximum absolute atomic E-state index is 14.0. The van der Waals surface area contributed by atoms with Gasteiger partial charge >= 0.3 is 0 Å². The van der Waals surface area contributed by atoms with Gasteiger partial charge in [0.15, 0.2) is 5.78 Å². The van der Waals surface area contributed by atoms with Crippen molar-refractivity contribution in [3.05, 3.63) is 59.4 Å². The van der Waals surface area contributed by atoms with Gasteiger partial charge in [-0.2, -0.15) is 0 Å². The molecule has 0 amide bonds. The van der Waals surface area contributed by atoms with Gasteiger partial charge in [0.1, 0.15) is 22.9 Å². The lowest BCUT2D eigenvalue weighted by atomic mass is 10.0. The zero-order valence-corrected chi connectivity index (χ0v) is 12.2. The first-order valence-corrected chi connectivity index (χ1v) is 6.67. The number of ether oxygens (including phenoxy) is 2. The van der Waals surface area contributed by atoms with Gasteiger partial charge in [-0.1, -0.05) is 18.2 Å². The minimum atomic E-state index is -0.602. The van der Waals surface area contributed by atoms with Crippen LogP contribution in [0, 0.1) is 5.82 Å². The van der Waals surface area contributed by atoms with Crippen molar-refractivity contribution in [2.24, 2.45) is 0 Å². The van der Waals surface area contributed by atoms with Crippen LogP contribution in [-0.2, 0) is 0 Å². The van der Waals surface area contributed by atoms with Gasteiger partial charge in [-0.3, -0.25) is 4.79 Å². The van der Waals surface area contributed by atoms with E-state index < -0.39 is 11.6 Å². The number of ketones is 1. The lowest BCUT2D eigenvalue weighted by Crippen LogP contribution is -2.09. The Morgan fingerprint density at radius 3 is 2.52 bits per heavy atom. The molecule has 0 spiro atoms. The average Bonchev–Trinajstić information content (AvgIpc) is 2.45. The minimum absolute atomic E-state index is 0.00153. The van der Waals surface area contributed by atoms with E-state index in [2.05, 4.69) is 0 Å². The summed E-state index contributed by atoms with van der Waals surface area (Å²) in [5, 5.41) is 0. The molecule has 0 aromatic heterocycles. The van der Waals surface area contributed by atoms with Crippen molar-refractivity contribution in [1.29, 1.82) is 0 Å². The van der Waals surface area contributed by atoms with Gasteiger partial charge in [0.25, 0.3) is 0 Å². The normalized spacial score (nSPS) is 10.5. The van der Waals surface area contributed by atoms with E-state index >= 15 is 0 Å². The molecule has 0 unspecified atom stereocenters. The summed E-state index contributed by atoms with van der Waals surface area (Å²) in [6.45, 7) is 3.79. The molecule has 4 heteroatoms. The van der Waals surface area contributed by atoms with Crippen LogP contribution in [0.2, 0.25) is 0 Å². The number of hydrogen-bond acceptors (Lipinski definition) is 3. The summed E-state index contributed by atoms with van der Waals surface area (Å²) < 4.78 is 24.6. The molecule has 0 saturated heterocycles. The van der Waals surface area contributed by atoms with Crippen LogP contribution < -0.4 is 9.47 Å². The highest BCUT2D eigenvalue weighted by Crippen LogP contribution is 2.26. The third-order valence-corrected chi connectivity index (χ3v) is 2.89. The Hall–Kier alpha value is -2.36. The molecule has 0 atom stereocenters. The van der Waals surface area contributed by atoms with E-state index in [9.17, 15) is 9.18 Å². The highest BCUT2D eigenvalue weighted by Gasteiger charge is 2.19. The Balaban J connectivity index is 2.41. The highest BCUT2D eigenvalue weighted by molar-refractivity contribution is 6.11. The Bertz CT molecular complexity index is 650. The summed E-state index contributed by atoms with van der Waals surface area (Å²) in [6.07, 6.45) is -0.00153. The fourth-order valence-corrected chi connectivity index (χ4v) is 2.02. The monoisotopic (exact) mass is 288 g/mol. The SMILES string of the molecule is COc1cccc(F)c1C(=O)c1cccc(OC(C)C)c1. The number of methoxy groups -OCH3 is 1. The molecule has 0 bridgehead atoms. The lowest BCUT2D eigenvalue weighted by molar-refractivity contribution is 0.103. The van der Waals surface area contributed by atoms with Gasteiger partial charge in [-0.15, -0.1) is 0 Å². The highest BCUT2D eigenvalue weighted by atomic mass is 19.1. The molecule has 0 fully saturated rings. The molecule has 2 aromatic rings. The van der Waals surface area contributed by atoms with Crippen LogP contribution in [0.3, 0.4) is 0 Å². The maximum atomic E-state index is 14.0. The Morgan fingerprint density at radius 2 is 1.86 bits per heavy atom. The van der Waals surface area contributed by atoms with Crippen molar-refractivity contribution in [1.82, 2.24) is 0 Å². The number of rotatable bonds is 5. The average molecular weight is 288 g/mol. The second-order valence-electron chi connectivity index (χ2n) is 4.84. The summed E-state index contributed by atoms with van der Waals surface area (Å²) in [7, 11) is 1.41. The molecule has 3 nitrogen and oxygen atoms in total. The summed E-state index contributed by atoms with van der Waals surface area (Å²) in [5.41, 5.74) is 0.290. The van der Waals surface area contributed by atoms with Crippen LogP contribution in [-0.4, -0.2) is 19.0 Å². The Morgan fingerprint density at radius 1 is 1.14 bits per heavy atom. The van der Waals surface area contributed by atoms with E-state index in [1.165, 1.54) is 19.2 Å². The molecule has 110 valence electrons. The zero-order chi connectivity index (χ0) is 15.4. The zero-order valence-electron chi connectivity index (χ0n) is 12.2.